The van der Waals surface area contributed by atoms with Crippen molar-refractivity contribution in [2.45, 2.75) is 59.0 Å². The monoisotopic (exact) mass is 390 g/mol. The minimum absolute atomic E-state index is 0.117. The van der Waals surface area contributed by atoms with Gasteiger partial charge in [0.15, 0.2) is 0 Å². The Kier molecular flexibility index (Phi) is 8.77. The highest BCUT2D eigenvalue weighted by atomic mass is 16.5. The van der Waals surface area contributed by atoms with Crippen molar-refractivity contribution in [1.82, 2.24) is 4.90 Å². The molecular weight excluding hydrogens is 352 g/mol. The van der Waals surface area contributed by atoms with Crippen LogP contribution < -0.4 is 10.1 Å². The molecule has 2 atom stereocenters. The van der Waals surface area contributed by atoms with Crippen molar-refractivity contribution in [3.05, 3.63) is 24.3 Å². The SMILES string of the molecule is CO[C@@](C)(CC(C)C)C(=O)Nc1ccc(OCCCN2CCC[C@@H](C)C2)cc1. The highest BCUT2D eigenvalue weighted by Gasteiger charge is 2.33. The zero-order valence-electron chi connectivity index (χ0n) is 18.3. The molecule has 0 aromatic heterocycles. The number of benzene rings is 1. The van der Waals surface area contributed by atoms with Gasteiger partial charge in [-0.25, -0.2) is 0 Å². The summed E-state index contributed by atoms with van der Waals surface area (Å²) in [7, 11) is 1.59. The summed E-state index contributed by atoms with van der Waals surface area (Å²) in [6, 6.07) is 7.58. The van der Waals surface area contributed by atoms with Gasteiger partial charge in [-0.2, -0.15) is 0 Å². The molecule has 0 bridgehead atoms. The lowest BCUT2D eigenvalue weighted by molar-refractivity contribution is -0.137. The second kappa shape index (κ2) is 10.8. The third-order valence-corrected chi connectivity index (χ3v) is 5.47. The van der Waals surface area contributed by atoms with Gasteiger partial charge in [0.05, 0.1) is 6.61 Å². The number of nitrogens with one attached hydrogen (secondary N) is 1. The maximum Gasteiger partial charge on any atom is 0.256 e. The minimum atomic E-state index is -0.824. The summed E-state index contributed by atoms with van der Waals surface area (Å²) in [6.07, 6.45) is 4.38. The van der Waals surface area contributed by atoms with Crippen molar-refractivity contribution < 1.29 is 14.3 Å². The molecular formula is C23H38N2O3. The van der Waals surface area contributed by atoms with Gasteiger partial charge in [0.1, 0.15) is 11.4 Å². The van der Waals surface area contributed by atoms with E-state index in [0.29, 0.717) is 18.9 Å². The summed E-state index contributed by atoms with van der Waals surface area (Å²) in [5, 5.41) is 2.95. The van der Waals surface area contributed by atoms with Crippen molar-refractivity contribution in [2.75, 3.05) is 38.7 Å². The van der Waals surface area contributed by atoms with Crippen molar-refractivity contribution in [2.24, 2.45) is 11.8 Å². The Bertz CT molecular complexity index is 602. The van der Waals surface area contributed by atoms with Crippen LogP contribution in [0.5, 0.6) is 5.75 Å². The highest BCUT2D eigenvalue weighted by molar-refractivity contribution is 5.97. The molecule has 1 N–H and O–H groups in total. The Hall–Kier alpha value is -1.59. The van der Waals surface area contributed by atoms with Crippen LogP contribution >= 0.6 is 0 Å². The standard InChI is InChI=1S/C23H38N2O3/c1-18(2)16-23(4,27-5)22(26)24-20-9-11-21(12-10-20)28-15-7-14-25-13-6-8-19(3)17-25/h9-12,18-19H,6-8,13-17H2,1-5H3,(H,24,26)/t19-,23+/m1/s1. The molecule has 0 aliphatic carbocycles. The smallest absolute Gasteiger partial charge is 0.256 e. The van der Waals surface area contributed by atoms with Gasteiger partial charge < -0.3 is 19.7 Å². The molecule has 1 fully saturated rings. The lowest BCUT2D eigenvalue weighted by atomic mass is 9.93. The second-order valence-electron chi connectivity index (χ2n) is 8.76. The lowest BCUT2D eigenvalue weighted by Crippen LogP contribution is -2.43. The Labute approximate surface area is 170 Å². The lowest BCUT2D eigenvalue weighted by Gasteiger charge is -2.30. The number of carbonyl (C=O) groups excluding carboxylic acids is 1. The van der Waals surface area contributed by atoms with Crippen LogP contribution in [-0.2, 0) is 9.53 Å². The van der Waals surface area contributed by atoms with Crippen LogP contribution in [0.25, 0.3) is 0 Å². The summed E-state index contributed by atoms with van der Waals surface area (Å²) in [5.41, 5.74) is -0.0679. The number of methoxy groups -OCH3 is 1. The summed E-state index contributed by atoms with van der Waals surface area (Å²) in [5.74, 6) is 1.91. The van der Waals surface area contributed by atoms with Gasteiger partial charge in [-0.05, 0) is 75.3 Å². The van der Waals surface area contributed by atoms with E-state index in [2.05, 4.69) is 31.0 Å². The van der Waals surface area contributed by atoms with Crippen LogP contribution in [0, 0.1) is 11.8 Å². The van der Waals surface area contributed by atoms with E-state index in [1.807, 2.05) is 31.2 Å². The third-order valence-electron chi connectivity index (χ3n) is 5.47. The molecule has 5 nitrogen and oxygen atoms in total. The van der Waals surface area contributed by atoms with Crippen LogP contribution in [0.15, 0.2) is 24.3 Å². The predicted octanol–water partition coefficient (Wildman–Crippen LogP) is 4.58. The fourth-order valence-electron chi connectivity index (χ4n) is 3.91. The van der Waals surface area contributed by atoms with Crippen LogP contribution in [0.2, 0.25) is 0 Å². The summed E-state index contributed by atoms with van der Waals surface area (Å²) in [4.78, 5) is 15.1. The molecule has 5 heteroatoms. The fraction of sp³-hybridized carbons (Fsp3) is 0.696. The molecule has 1 saturated heterocycles. The quantitative estimate of drug-likeness (QED) is 0.594. The van der Waals surface area contributed by atoms with Crippen molar-refractivity contribution in [1.29, 1.82) is 0 Å². The predicted molar refractivity (Wildman–Crippen MR) is 115 cm³/mol. The fourth-order valence-corrected chi connectivity index (χ4v) is 3.91. The van der Waals surface area contributed by atoms with E-state index in [0.717, 1.165) is 30.3 Å². The second-order valence-corrected chi connectivity index (χ2v) is 8.76. The molecule has 0 radical (unpaired) electrons. The first-order valence-corrected chi connectivity index (χ1v) is 10.6. The number of amides is 1. The molecule has 0 unspecified atom stereocenters. The topological polar surface area (TPSA) is 50.8 Å². The molecule has 0 saturated carbocycles. The van der Waals surface area contributed by atoms with Crippen molar-refractivity contribution in [3.63, 3.8) is 0 Å². The molecule has 1 amide bonds. The zero-order valence-corrected chi connectivity index (χ0v) is 18.3. The van der Waals surface area contributed by atoms with Gasteiger partial charge in [0.25, 0.3) is 5.91 Å². The van der Waals surface area contributed by atoms with E-state index in [-0.39, 0.29) is 5.91 Å². The summed E-state index contributed by atoms with van der Waals surface area (Å²) in [6.45, 7) is 12.6. The van der Waals surface area contributed by atoms with Crippen LogP contribution in [0.1, 0.15) is 53.4 Å². The first-order valence-electron chi connectivity index (χ1n) is 10.6. The number of piperidine rings is 1. The molecule has 2 rings (SSSR count). The van der Waals surface area contributed by atoms with Crippen LogP contribution in [0.3, 0.4) is 0 Å². The van der Waals surface area contributed by atoms with Gasteiger partial charge in [0.2, 0.25) is 0 Å². The van der Waals surface area contributed by atoms with Gasteiger partial charge in [0, 0.05) is 25.9 Å². The largest absolute Gasteiger partial charge is 0.494 e. The van der Waals surface area contributed by atoms with Crippen molar-refractivity contribution >= 4 is 11.6 Å². The van der Waals surface area contributed by atoms with Crippen LogP contribution in [-0.4, -0.2) is 49.8 Å². The average molecular weight is 391 g/mol. The number of carbonyl (C=O) groups is 1. The molecule has 1 aliphatic rings. The molecule has 1 heterocycles. The van der Waals surface area contributed by atoms with E-state index in [4.69, 9.17) is 9.47 Å². The molecule has 1 aromatic rings. The number of likely N-dealkylation sites (tertiary alicyclic amines) is 1. The minimum Gasteiger partial charge on any atom is -0.494 e. The summed E-state index contributed by atoms with van der Waals surface area (Å²) >= 11 is 0. The van der Waals surface area contributed by atoms with E-state index < -0.39 is 5.60 Å². The Morgan fingerprint density at radius 3 is 2.64 bits per heavy atom. The molecule has 28 heavy (non-hydrogen) atoms. The number of hydrogen-bond donors (Lipinski definition) is 1. The first kappa shape index (κ1) is 22.7. The van der Waals surface area contributed by atoms with E-state index in [9.17, 15) is 4.79 Å². The average Bonchev–Trinajstić information content (AvgIpc) is 2.66. The first-order chi connectivity index (χ1) is 13.3. The Morgan fingerprint density at radius 2 is 2.04 bits per heavy atom. The van der Waals surface area contributed by atoms with E-state index in [1.165, 1.54) is 25.9 Å². The number of anilines is 1. The number of nitrogens with zero attached hydrogens (tertiary/aromatic N) is 1. The molecule has 1 aromatic carbocycles. The molecule has 0 spiro atoms. The molecule has 158 valence electrons. The van der Waals surface area contributed by atoms with Gasteiger partial charge in [-0.3, -0.25) is 4.79 Å². The van der Waals surface area contributed by atoms with Gasteiger partial charge in [-0.1, -0.05) is 20.8 Å². The van der Waals surface area contributed by atoms with E-state index in [1.54, 1.807) is 7.11 Å². The van der Waals surface area contributed by atoms with Crippen molar-refractivity contribution in [3.8, 4) is 5.75 Å². The van der Waals surface area contributed by atoms with E-state index >= 15 is 0 Å². The maximum atomic E-state index is 12.6. The van der Waals surface area contributed by atoms with Crippen LogP contribution in [0.4, 0.5) is 5.69 Å². The summed E-state index contributed by atoms with van der Waals surface area (Å²) < 4.78 is 11.3. The number of ether oxygens (including phenoxy) is 2. The Morgan fingerprint density at radius 1 is 1.32 bits per heavy atom. The number of rotatable bonds is 10. The number of hydrogen-bond acceptors (Lipinski definition) is 4. The third kappa shape index (κ3) is 7.10. The molecule has 1 aliphatic heterocycles. The van der Waals surface area contributed by atoms with Gasteiger partial charge >= 0.3 is 0 Å². The van der Waals surface area contributed by atoms with Gasteiger partial charge in [-0.15, -0.1) is 0 Å². The normalized spacial score (nSPS) is 20.0. The highest BCUT2D eigenvalue weighted by Crippen LogP contribution is 2.23. The maximum absolute atomic E-state index is 12.6. The Balaban J connectivity index is 1.75. The zero-order chi connectivity index (χ0) is 20.6.